The molecule has 0 N–H and O–H groups in total. The molecule has 0 aromatic heterocycles. The van der Waals surface area contributed by atoms with E-state index in [0.29, 0.717) is 0 Å². The first-order valence-corrected chi connectivity index (χ1v) is 5.01. The van der Waals surface area contributed by atoms with Crippen molar-refractivity contribution in [1.29, 1.82) is 0 Å². The lowest BCUT2D eigenvalue weighted by atomic mass is 10.2. The maximum atomic E-state index is 11.0. The molecular formula is C11H17NO3. The summed E-state index contributed by atoms with van der Waals surface area (Å²) in [6.45, 7) is 7.13. The molecule has 0 spiro atoms. The molecule has 0 radical (unpaired) electrons. The summed E-state index contributed by atoms with van der Waals surface area (Å²) in [5.41, 5.74) is 0. The molecule has 1 heterocycles. The fraction of sp³-hybridized carbons (Fsp3) is 0.545. The number of carbonyl (C=O) groups is 3. The van der Waals surface area contributed by atoms with Gasteiger partial charge in [0.25, 0.3) is 11.8 Å². The second-order valence-corrected chi connectivity index (χ2v) is 3.37. The number of carbonyl (C=O) groups excluding carboxylic acids is 3. The van der Waals surface area contributed by atoms with Crippen molar-refractivity contribution in [2.24, 2.45) is 0 Å². The predicted octanol–water partition coefficient (Wildman–Crippen LogP) is 1.31. The molecule has 0 saturated carbocycles. The molecule has 1 unspecified atom stereocenters. The van der Waals surface area contributed by atoms with Crippen LogP contribution in [0.5, 0.6) is 0 Å². The second-order valence-electron chi connectivity index (χ2n) is 3.37. The highest BCUT2D eigenvalue weighted by Gasteiger charge is 2.30. The number of Topliss-reactive ketones (excluding diaryl/α,β-unsaturated/α-hetero) is 1. The number of rotatable bonds is 2. The molecule has 0 saturated heterocycles. The van der Waals surface area contributed by atoms with Gasteiger partial charge in [-0.25, -0.2) is 0 Å². The number of nitrogens with zero attached hydrogens (tertiary/aromatic N) is 1. The Balaban J connectivity index is 0.000000583. The smallest absolute Gasteiger partial charge is 0.254 e. The first kappa shape index (κ1) is 13.5. The first-order valence-electron chi connectivity index (χ1n) is 5.01. The van der Waals surface area contributed by atoms with Gasteiger partial charge in [0, 0.05) is 12.2 Å². The van der Waals surface area contributed by atoms with Gasteiger partial charge >= 0.3 is 0 Å². The van der Waals surface area contributed by atoms with Gasteiger partial charge in [-0.15, -0.1) is 0 Å². The standard InChI is InChI=1S/C8H9NO3.C3H8/c1-5(6(2)10)9-7(11)3-4-8(9)12;1-3-2/h3-5H,1-2H3;3H2,1-2H3. The average molecular weight is 211 g/mol. The summed E-state index contributed by atoms with van der Waals surface area (Å²) >= 11 is 0. The van der Waals surface area contributed by atoms with Crippen LogP contribution in [0, 0.1) is 0 Å². The van der Waals surface area contributed by atoms with Crippen LogP contribution >= 0.6 is 0 Å². The molecule has 1 aliphatic heterocycles. The molecule has 0 aliphatic carbocycles. The van der Waals surface area contributed by atoms with Crippen molar-refractivity contribution in [3.63, 3.8) is 0 Å². The number of imide groups is 1. The van der Waals surface area contributed by atoms with Gasteiger partial charge in [0.15, 0.2) is 5.78 Å². The first-order chi connectivity index (χ1) is 6.95. The second kappa shape index (κ2) is 6.11. The van der Waals surface area contributed by atoms with E-state index in [4.69, 9.17) is 0 Å². The van der Waals surface area contributed by atoms with Crippen LogP contribution < -0.4 is 0 Å². The van der Waals surface area contributed by atoms with Gasteiger partial charge in [-0.05, 0) is 13.8 Å². The Morgan fingerprint density at radius 1 is 1.27 bits per heavy atom. The van der Waals surface area contributed by atoms with Crippen LogP contribution in [0.3, 0.4) is 0 Å². The summed E-state index contributed by atoms with van der Waals surface area (Å²) in [7, 11) is 0. The third-order valence-electron chi connectivity index (χ3n) is 1.82. The third-order valence-corrected chi connectivity index (χ3v) is 1.82. The third kappa shape index (κ3) is 3.65. The van der Waals surface area contributed by atoms with Crippen molar-refractivity contribution in [1.82, 2.24) is 4.90 Å². The zero-order valence-corrected chi connectivity index (χ0v) is 9.61. The number of hydrogen-bond acceptors (Lipinski definition) is 3. The van der Waals surface area contributed by atoms with Crippen LogP contribution in [-0.2, 0) is 14.4 Å². The SMILES string of the molecule is CC(=O)C(C)N1C(=O)C=CC1=O.CCC. The Hall–Kier alpha value is -1.45. The van der Waals surface area contributed by atoms with E-state index in [-0.39, 0.29) is 5.78 Å². The van der Waals surface area contributed by atoms with Crippen LogP contribution in [0.4, 0.5) is 0 Å². The van der Waals surface area contributed by atoms with E-state index in [2.05, 4.69) is 13.8 Å². The van der Waals surface area contributed by atoms with Gasteiger partial charge in [-0.3, -0.25) is 19.3 Å². The molecule has 84 valence electrons. The van der Waals surface area contributed by atoms with E-state index in [9.17, 15) is 14.4 Å². The Morgan fingerprint density at radius 2 is 1.60 bits per heavy atom. The minimum absolute atomic E-state index is 0.194. The molecule has 1 aliphatic rings. The molecule has 4 heteroatoms. The fourth-order valence-electron chi connectivity index (χ4n) is 0.975. The van der Waals surface area contributed by atoms with Crippen molar-refractivity contribution in [2.45, 2.75) is 40.2 Å². The summed E-state index contributed by atoms with van der Waals surface area (Å²) in [6, 6.07) is -0.653. The molecule has 0 bridgehead atoms. The number of hydrogen-bond donors (Lipinski definition) is 0. The van der Waals surface area contributed by atoms with Gasteiger partial charge in [-0.2, -0.15) is 0 Å². The molecule has 0 fully saturated rings. The van der Waals surface area contributed by atoms with E-state index in [1.54, 1.807) is 0 Å². The van der Waals surface area contributed by atoms with Crippen molar-refractivity contribution in [3.8, 4) is 0 Å². The largest absolute Gasteiger partial charge is 0.298 e. The average Bonchev–Trinajstić information content (AvgIpc) is 2.46. The van der Waals surface area contributed by atoms with Crippen LogP contribution in [0.1, 0.15) is 34.1 Å². The topological polar surface area (TPSA) is 54.5 Å². The van der Waals surface area contributed by atoms with E-state index < -0.39 is 17.9 Å². The van der Waals surface area contributed by atoms with Crippen molar-refractivity contribution in [2.75, 3.05) is 0 Å². The summed E-state index contributed by atoms with van der Waals surface area (Å²) in [5, 5.41) is 0. The minimum atomic E-state index is -0.653. The van der Waals surface area contributed by atoms with Crippen LogP contribution in [0.2, 0.25) is 0 Å². The maximum Gasteiger partial charge on any atom is 0.254 e. The van der Waals surface area contributed by atoms with Crippen LogP contribution in [0.15, 0.2) is 12.2 Å². The maximum absolute atomic E-state index is 11.0. The summed E-state index contributed by atoms with van der Waals surface area (Å²) in [6.07, 6.45) is 3.59. The van der Waals surface area contributed by atoms with E-state index >= 15 is 0 Å². The zero-order valence-electron chi connectivity index (χ0n) is 9.61. The Labute approximate surface area is 89.9 Å². The molecule has 15 heavy (non-hydrogen) atoms. The van der Waals surface area contributed by atoms with E-state index in [1.807, 2.05) is 0 Å². The molecule has 4 nitrogen and oxygen atoms in total. The highest BCUT2D eigenvalue weighted by atomic mass is 16.2. The molecule has 1 atom stereocenters. The predicted molar refractivity (Wildman–Crippen MR) is 57.1 cm³/mol. The van der Waals surface area contributed by atoms with E-state index in [0.717, 1.165) is 4.90 Å². The lowest BCUT2D eigenvalue weighted by Crippen LogP contribution is -2.42. The number of ketones is 1. The minimum Gasteiger partial charge on any atom is -0.298 e. The Bertz CT molecular complexity index is 276. The number of amides is 2. The highest BCUT2D eigenvalue weighted by Crippen LogP contribution is 2.09. The van der Waals surface area contributed by atoms with Gasteiger partial charge in [0.1, 0.15) is 0 Å². The molecule has 0 aromatic carbocycles. The van der Waals surface area contributed by atoms with Gasteiger partial charge < -0.3 is 0 Å². The Morgan fingerprint density at radius 3 is 1.87 bits per heavy atom. The lowest BCUT2D eigenvalue weighted by molar-refractivity contribution is -0.143. The fourth-order valence-corrected chi connectivity index (χ4v) is 0.975. The lowest BCUT2D eigenvalue weighted by Gasteiger charge is -2.19. The molecular weight excluding hydrogens is 194 g/mol. The van der Waals surface area contributed by atoms with Gasteiger partial charge in [-0.1, -0.05) is 20.3 Å². The molecule has 2 amide bonds. The molecule has 1 rings (SSSR count). The van der Waals surface area contributed by atoms with Crippen molar-refractivity contribution in [3.05, 3.63) is 12.2 Å². The zero-order chi connectivity index (χ0) is 12.0. The van der Waals surface area contributed by atoms with Crippen LogP contribution in [0.25, 0.3) is 0 Å². The van der Waals surface area contributed by atoms with Crippen molar-refractivity contribution < 1.29 is 14.4 Å². The van der Waals surface area contributed by atoms with Crippen molar-refractivity contribution >= 4 is 17.6 Å². The quantitative estimate of drug-likeness (QED) is 0.647. The van der Waals surface area contributed by atoms with Gasteiger partial charge in [0.05, 0.1) is 6.04 Å². The van der Waals surface area contributed by atoms with E-state index in [1.165, 1.54) is 32.4 Å². The van der Waals surface area contributed by atoms with Crippen LogP contribution in [-0.4, -0.2) is 28.5 Å². The Kier molecular flexibility index (Phi) is 5.52. The summed E-state index contributed by atoms with van der Waals surface area (Å²) in [5.74, 6) is -1.02. The summed E-state index contributed by atoms with van der Waals surface area (Å²) in [4.78, 5) is 33.8. The molecule has 0 aromatic rings. The monoisotopic (exact) mass is 211 g/mol. The normalized spacial score (nSPS) is 16.1. The van der Waals surface area contributed by atoms with Gasteiger partial charge in [0.2, 0.25) is 0 Å². The highest BCUT2D eigenvalue weighted by molar-refractivity contribution is 6.15. The summed E-state index contributed by atoms with van der Waals surface area (Å²) < 4.78 is 0.